The Labute approximate surface area is 150 Å². The first kappa shape index (κ1) is 17.4. The van der Waals surface area contributed by atoms with Gasteiger partial charge in [0.1, 0.15) is 5.82 Å². The number of imidazole rings is 1. The number of nitrogens with one attached hydrogen (secondary N) is 5. The minimum atomic E-state index is -0.232. The van der Waals surface area contributed by atoms with Crippen molar-refractivity contribution in [3.05, 3.63) is 54.0 Å². The first-order valence-corrected chi connectivity index (χ1v) is 8.62. The van der Waals surface area contributed by atoms with Crippen LogP contribution in [0, 0.1) is 5.82 Å². The lowest BCUT2D eigenvalue weighted by Crippen LogP contribution is -2.45. The van der Waals surface area contributed by atoms with E-state index in [9.17, 15) is 4.39 Å². The molecule has 0 aliphatic carbocycles. The number of hydrogen-bond acceptors (Lipinski definition) is 3. The molecular formula is C17H21FN6S. The zero-order chi connectivity index (χ0) is 17.5. The molecule has 0 unspecified atom stereocenters. The Balaban J connectivity index is 1.31. The normalized spacial score (nSPS) is 10.9. The summed E-state index contributed by atoms with van der Waals surface area (Å²) in [4.78, 5) is 10.1. The van der Waals surface area contributed by atoms with Crippen molar-refractivity contribution < 1.29 is 4.39 Å². The second-order valence-electron chi connectivity index (χ2n) is 5.74. The highest BCUT2D eigenvalue weighted by atomic mass is 32.1. The SMILES string of the molecule is Fc1ccc2c(CCNNC(=S)NCCCc3cnc[nH]3)c[nH]c2c1. The summed E-state index contributed by atoms with van der Waals surface area (Å²) >= 11 is 5.22. The van der Waals surface area contributed by atoms with Gasteiger partial charge >= 0.3 is 0 Å². The largest absolute Gasteiger partial charge is 0.362 e. The van der Waals surface area contributed by atoms with Gasteiger partial charge in [-0.15, -0.1) is 0 Å². The summed E-state index contributed by atoms with van der Waals surface area (Å²) in [6.07, 6.45) is 8.14. The first-order chi connectivity index (χ1) is 12.2. The number of hydrogen-bond donors (Lipinski definition) is 5. The predicted octanol–water partition coefficient (Wildman–Crippen LogP) is 2.17. The van der Waals surface area contributed by atoms with Crippen LogP contribution in [0.25, 0.3) is 10.9 Å². The van der Waals surface area contributed by atoms with Crippen LogP contribution >= 0.6 is 12.2 Å². The van der Waals surface area contributed by atoms with Crippen molar-refractivity contribution in [2.75, 3.05) is 13.1 Å². The number of rotatable bonds is 8. The average Bonchev–Trinajstić information content (AvgIpc) is 3.25. The van der Waals surface area contributed by atoms with E-state index in [1.165, 1.54) is 12.1 Å². The number of aromatic nitrogens is 3. The molecule has 8 heteroatoms. The summed E-state index contributed by atoms with van der Waals surface area (Å²) < 4.78 is 13.2. The van der Waals surface area contributed by atoms with E-state index >= 15 is 0 Å². The minimum absolute atomic E-state index is 0.232. The molecule has 0 spiro atoms. The molecule has 2 aromatic heterocycles. The number of hydrazine groups is 1. The van der Waals surface area contributed by atoms with Crippen LogP contribution in [0.2, 0.25) is 0 Å². The fourth-order valence-electron chi connectivity index (χ4n) is 2.65. The summed E-state index contributed by atoms with van der Waals surface area (Å²) in [5, 5.41) is 4.77. The van der Waals surface area contributed by atoms with Crippen LogP contribution in [0.3, 0.4) is 0 Å². The van der Waals surface area contributed by atoms with E-state index in [0.717, 1.165) is 48.0 Å². The van der Waals surface area contributed by atoms with E-state index in [1.54, 1.807) is 12.4 Å². The van der Waals surface area contributed by atoms with E-state index < -0.39 is 0 Å². The Kier molecular flexibility index (Phi) is 5.97. The molecule has 2 heterocycles. The van der Waals surface area contributed by atoms with E-state index in [2.05, 4.69) is 31.1 Å². The second-order valence-corrected chi connectivity index (χ2v) is 6.15. The zero-order valence-corrected chi connectivity index (χ0v) is 14.5. The van der Waals surface area contributed by atoms with E-state index in [0.29, 0.717) is 11.7 Å². The van der Waals surface area contributed by atoms with Crippen LogP contribution in [0.1, 0.15) is 17.7 Å². The summed E-state index contributed by atoms with van der Waals surface area (Å²) in [6.45, 7) is 1.50. The van der Waals surface area contributed by atoms with Crippen molar-refractivity contribution in [1.29, 1.82) is 0 Å². The number of fused-ring (bicyclic) bond motifs is 1. The highest BCUT2D eigenvalue weighted by Crippen LogP contribution is 2.19. The molecule has 0 saturated carbocycles. The van der Waals surface area contributed by atoms with Crippen molar-refractivity contribution in [2.24, 2.45) is 0 Å². The Morgan fingerprint density at radius 2 is 2.12 bits per heavy atom. The second kappa shape index (κ2) is 8.59. The highest BCUT2D eigenvalue weighted by molar-refractivity contribution is 7.80. The maximum atomic E-state index is 13.2. The third-order valence-corrected chi connectivity index (χ3v) is 4.16. The molecule has 5 N–H and O–H groups in total. The lowest BCUT2D eigenvalue weighted by Gasteiger charge is -2.11. The van der Waals surface area contributed by atoms with Crippen LogP contribution in [-0.2, 0) is 12.8 Å². The summed E-state index contributed by atoms with van der Waals surface area (Å²) in [5.74, 6) is -0.232. The summed E-state index contributed by atoms with van der Waals surface area (Å²) in [7, 11) is 0. The lowest BCUT2D eigenvalue weighted by molar-refractivity contribution is 0.629. The topological polar surface area (TPSA) is 80.6 Å². The van der Waals surface area contributed by atoms with Crippen molar-refractivity contribution in [3.63, 3.8) is 0 Å². The van der Waals surface area contributed by atoms with Gasteiger partial charge in [-0.2, -0.15) is 0 Å². The Bertz CT molecular complexity index is 814. The summed E-state index contributed by atoms with van der Waals surface area (Å²) in [6, 6.07) is 4.79. The lowest BCUT2D eigenvalue weighted by atomic mass is 10.1. The van der Waals surface area contributed by atoms with Gasteiger partial charge in [-0.3, -0.25) is 5.43 Å². The summed E-state index contributed by atoms with van der Waals surface area (Å²) in [5.41, 5.74) is 9.15. The van der Waals surface area contributed by atoms with Crippen LogP contribution < -0.4 is 16.2 Å². The van der Waals surface area contributed by atoms with E-state index in [4.69, 9.17) is 12.2 Å². The molecule has 0 saturated heterocycles. The number of thiocarbonyl (C=S) groups is 1. The molecular weight excluding hydrogens is 339 g/mol. The Hall–Kier alpha value is -2.45. The number of benzene rings is 1. The van der Waals surface area contributed by atoms with Gasteiger partial charge in [-0.25, -0.2) is 14.8 Å². The maximum Gasteiger partial charge on any atom is 0.180 e. The molecule has 0 radical (unpaired) electrons. The Morgan fingerprint density at radius 1 is 1.20 bits per heavy atom. The van der Waals surface area contributed by atoms with Gasteiger partial charge in [0.05, 0.1) is 6.33 Å². The van der Waals surface area contributed by atoms with E-state index in [-0.39, 0.29) is 5.82 Å². The Morgan fingerprint density at radius 3 is 2.96 bits per heavy atom. The number of nitrogens with zero attached hydrogens (tertiary/aromatic N) is 1. The first-order valence-electron chi connectivity index (χ1n) is 8.22. The van der Waals surface area contributed by atoms with Gasteiger partial charge in [0.2, 0.25) is 0 Å². The molecule has 3 aromatic rings. The number of aryl methyl sites for hydroxylation is 1. The van der Waals surface area contributed by atoms with Crippen LogP contribution in [-0.4, -0.2) is 33.2 Å². The minimum Gasteiger partial charge on any atom is -0.362 e. The quantitative estimate of drug-likeness (QED) is 0.242. The number of aromatic amines is 2. The molecule has 0 bridgehead atoms. The van der Waals surface area contributed by atoms with Gasteiger partial charge in [-0.1, -0.05) is 0 Å². The molecule has 132 valence electrons. The van der Waals surface area contributed by atoms with Gasteiger partial charge in [0.25, 0.3) is 0 Å². The third kappa shape index (κ3) is 5.01. The van der Waals surface area contributed by atoms with Crippen LogP contribution in [0.15, 0.2) is 36.9 Å². The zero-order valence-electron chi connectivity index (χ0n) is 13.7. The molecule has 0 amide bonds. The van der Waals surface area contributed by atoms with Crippen molar-refractivity contribution in [3.8, 4) is 0 Å². The van der Waals surface area contributed by atoms with Gasteiger partial charge in [-0.05, 0) is 55.2 Å². The molecule has 6 nitrogen and oxygen atoms in total. The number of halogens is 1. The average molecular weight is 360 g/mol. The smallest absolute Gasteiger partial charge is 0.180 e. The fraction of sp³-hybridized carbons (Fsp3) is 0.294. The van der Waals surface area contributed by atoms with Gasteiger partial charge in [0, 0.05) is 42.1 Å². The third-order valence-electron chi connectivity index (χ3n) is 3.91. The fourth-order valence-corrected chi connectivity index (χ4v) is 2.83. The van der Waals surface area contributed by atoms with Crippen molar-refractivity contribution in [1.82, 2.24) is 31.1 Å². The van der Waals surface area contributed by atoms with Gasteiger partial charge in [0.15, 0.2) is 5.11 Å². The molecule has 3 rings (SSSR count). The monoisotopic (exact) mass is 360 g/mol. The van der Waals surface area contributed by atoms with E-state index in [1.807, 2.05) is 12.4 Å². The molecule has 25 heavy (non-hydrogen) atoms. The molecule has 1 aromatic carbocycles. The predicted molar refractivity (Wildman–Crippen MR) is 101 cm³/mol. The molecule has 0 fully saturated rings. The maximum absolute atomic E-state index is 13.2. The molecule has 0 atom stereocenters. The van der Waals surface area contributed by atoms with Crippen LogP contribution in [0.4, 0.5) is 4.39 Å². The van der Waals surface area contributed by atoms with Crippen LogP contribution in [0.5, 0.6) is 0 Å². The van der Waals surface area contributed by atoms with Crippen molar-refractivity contribution >= 4 is 28.2 Å². The van der Waals surface area contributed by atoms with Crippen molar-refractivity contribution in [2.45, 2.75) is 19.3 Å². The standard InChI is InChI=1S/C17H21FN6S/c18-13-3-4-15-12(9-21-16(15)8-13)5-7-23-24-17(25)20-6-1-2-14-10-19-11-22-14/h3-4,8-11,21,23H,1-2,5-7H2,(H,19,22)(H2,20,24,25). The van der Waals surface area contributed by atoms with Gasteiger partial charge < -0.3 is 15.3 Å². The molecule has 0 aliphatic rings. The molecule has 0 aliphatic heterocycles. The number of H-pyrrole nitrogens is 2. The highest BCUT2D eigenvalue weighted by Gasteiger charge is 2.04.